The number of carbonyl (C=O) groups excluding carboxylic acids is 2. The topological polar surface area (TPSA) is 92.2 Å². The number of hydrogen-bond donors (Lipinski definition) is 2. The van der Waals surface area contributed by atoms with Gasteiger partial charge in [-0.25, -0.2) is 9.97 Å². The highest BCUT2D eigenvalue weighted by atomic mass is 35.5. The zero-order valence-corrected chi connectivity index (χ0v) is 13.7. The maximum Gasteiger partial charge on any atom is 0.223 e. The van der Waals surface area contributed by atoms with Gasteiger partial charge in [-0.2, -0.15) is 0 Å². The fourth-order valence-electron chi connectivity index (χ4n) is 2.31. The second-order valence-corrected chi connectivity index (χ2v) is 6.39. The number of aromatic nitrogens is 2. The minimum atomic E-state index is -0.285. The number of amides is 1. The summed E-state index contributed by atoms with van der Waals surface area (Å²) in [6, 6.07) is 3.10. The number of hydrogen-bond acceptors (Lipinski definition) is 6. The number of aliphatic hydroxyl groups is 1. The lowest BCUT2D eigenvalue weighted by atomic mass is 9.93. The summed E-state index contributed by atoms with van der Waals surface area (Å²) in [6.07, 6.45) is 2.29. The van der Waals surface area contributed by atoms with Gasteiger partial charge < -0.3 is 10.4 Å². The van der Waals surface area contributed by atoms with Crippen molar-refractivity contribution < 1.29 is 14.7 Å². The van der Waals surface area contributed by atoms with E-state index in [4.69, 9.17) is 11.6 Å². The van der Waals surface area contributed by atoms with Crippen molar-refractivity contribution in [2.24, 2.45) is 0 Å². The molecule has 23 heavy (non-hydrogen) atoms. The Morgan fingerprint density at radius 2 is 2.13 bits per heavy atom. The van der Waals surface area contributed by atoms with E-state index >= 15 is 0 Å². The summed E-state index contributed by atoms with van der Waals surface area (Å²) in [5.41, 5.74) is 1.37. The molecule has 0 spiro atoms. The fraction of sp³-hybridized carbons (Fsp3) is 0.200. The van der Waals surface area contributed by atoms with E-state index in [1.807, 2.05) is 0 Å². The zero-order chi connectivity index (χ0) is 16.6. The summed E-state index contributed by atoms with van der Waals surface area (Å²) >= 11 is 6.87. The van der Waals surface area contributed by atoms with Gasteiger partial charge in [0.2, 0.25) is 5.91 Å². The van der Waals surface area contributed by atoms with Crippen LogP contribution in [-0.2, 0) is 11.2 Å². The molecule has 0 atom stereocenters. The number of rotatable bonds is 3. The first-order valence-corrected chi connectivity index (χ1v) is 8.01. The van der Waals surface area contributed by atoms with Crippen LogP contribution < -0.4 is 5.32 Å². The largest absolute Gasteiger partial charge is 0.506 e. The van der Waals surface area contributed by atoms with Crippen molar-refractivity contribution in [2.75, 3.05) is 5.32 Å². The molecular weight excluding hydrogens is 338 g/mol. The number of halogens is 1. The number of carbonyl (C=O) groups is 2. The Kier molecular flexibility index (Phi) is 4.14. The van der Waals surface area contributed by atoms with Gasteiger partial charge in [-0.15, -0.1) is 0 Å². The molecule has 6 nitrogen and oxygen atoms in total. The lowest BCUT2D eigenvalue weighted by Gasteiger charge is -2.14. The van der Waals surface area contributed by atoms with Gasteiger partial charge in [0.25, 0.3) is 0 Å². The van der Waals surface area contributed by atoms with Gasteiger partial charge in [0.1, 0.15) is 10.9 Å². The molecule has 8 heteroatoms. The van der Waals surface area contributed by atoms with Crippen molar-refractivity contribution in [3.63, 3.8) is 0 Å². The number of aliphatic hydroxyl groups excluding tert-OH is 1. The van der Waals surface area contributed by atoms with Crippen molar-refractivity contribution in [1.82, 2.24) is 9.97 Å². The van der Waals surface area contributed by atoms with E-state index in [-0.39, 0.29) is 17.4 Å². The fourth-order valence-corrected chi connectivity index (χ4v) is 3.46. The second-order valence-electron chi connectivity index (χ2n) is 5.00. The molecule has 1 amide bonds. The highest BCUT2D eigenvalue weighted by Gasteiger charge is 2.27. The molecular formula is C15H12ClN3O3S. The molecule has 0 unspecified atom stereocenters. The normalized spacial score (nSPS) is 13.7. The number of nitrogens with one attached hydrogen (secondary N) is 1. The van der Waals surface area contributed by atoms with E-state index in [0.29, 0.717) is 44.8 Å². The van der Waals surface area contributed by atoms with Gasteiger partial charge in [0, 0.05) is 24.3 Å². The van der Waals surface area contributed by atoms with Crippen LogP contribution in [0.4, 0.5) is 5.13 Å². The molecule has 1 aliphatic carbocycles. The van der Waals surface area contributed by atoms with Crippen LogP contribution in [0.1, 0.15) is 34.3 Å². The van der Waals surface area contributed by atoms with Crippen LogP contribution >= 0.6 is 22.9 Å². The van der Waals surface area contributed by atoms with Crippen molar-refractivity contribution in [2.45, 2.75) is 19.8 Å². The summed E-state index contributed by atoms with van der Waals surface area (Å²) in [6.45, 7) is 1.39. The van der Waals surface area contributed by atoms with Crippen LogP contribution in [0, 0.1) is 0 Å². The number of thiazole rings is 1. The van der Waals surface area contributed by atoms with Gasteiger partial charge in [0.05, 0.1) is 10.6 Å². The molecule has 0 saturated carbocycles. The smallest absolute Gasteiger partial charge is 0.223 e. The Balaban J connectivity index is 1.95. The first-order chi connectivity index (χ1) is 11.0. The number of ketones is 1. The number of aryl methyl sites for hydroxylation is 1. The Hall–Kier alpha value is -2.25. The Labute approximate surface area is 140 Å². The van der Waals surface area contributed by atoms with Gasteiger partial charge in [0.15, 0.2) is 10.9 Å². The summed E-state index contributed by atoms with van der Waals surface area (Å²) in [5.74, 6) is -0.602. The van der Waals surface area contributed by atoms with E-state index in [1.165, 1.54) is 19.2 Å². The lowest BCUT2D eigenvalue weighted by molar-refractivity contribution is -0.114. The van der Waals surface area contributed by atoms with Crippen LogP contribution in [0.2, 0.25) is 5.15 Å². The first-order valence-electron chi connectivity index (χ1n) is 6.81. The highest BCUT2D eigenvalue weighted by Crippen LogP contribution is 2.36. The Morgan fingerprint density at radius 3 is 2.78 bits per heavy atom. The van der Waals surface area contributed by atoms with Crippen molar-refractivity contribution in [3.05, 3.63) is 45.2 Å². The summed E-state index contributed by atoms with van der Waals surface area (Å²) in [4.78, 5) is 32.3. The minimum absolute atomic E-state index is 0.0831. The molecule has 3 rings (SSSR count). The molecule has 2 aromatic heterocycles. The first kappa shape index (κ1) is 15.6. The molecule has 0 aliphatic heterocycles. The van der Waals surface area contributed by atoms with Gasteiger partial charge in [-0.1, -0.05) is 22.9 Å². The molecule has 0 saturated heterocycles. The van der Waals surface area contributed by atoms with Crippen LogP contribution in [0.25, 0.3) is 5.76 Å². The standard InChI is InChI=1S/C15H12ClN3O3S/c1-7(20)18-15-19-10-4-3-9(13(22)14(10)23-15)12(21)8-2-5-11(16)17-6-8/h2,5-6,22H,3-4H2,1H3,(H,18,19,20). The van der Waals surface area contributed by atoms with E-state index in [9.17, 15) is 14.7 Å². The summed E-state index contributed by atoms with van der Waals surface area (Å²) in [5, 5.41) is 13.7. The molecule has 2 aromatic rings. The predicted molar refractivity (Wildman–Crippen MR) is 87.9 cm³/mol. The third kappa shape index (κ3) is 3.11. The van der Waals surface area contributed by atoms with Gasteiger partial charge >= 0.3 is 0 Å². The predicted octanol–water partition coefficient (Wildman–Crippen LogP) is 3.25. The number of Topliss-reactive ketones (excluding diaryl/α,β-unsaturated/α-hetero) is 1. The maximum absolute atomic E-state index is 12.5. The molecule has 2 N–H and O–H groups in total. The molecule has 0 fully saturated rings. The van der Waals surface area contributed by atoms with Crippen LogP contribution in [0.5, 0.6) is 0 Å². The van der Waals surface area contributed by atoms with Gasteiger partial charge in [-0.3, -0.25) is 9.59 Å². The quantitative estimate of drug-likeness (QED) is 0.655. The minimum Gasteiger partial charge on any atom is -0.506 e. The Morgan fingerprint density at radius 1 is 1.35 bits per heavy atom. The van der Waals surface area contributed by atoms with Crippen molar-refractivity contribution >= 4 is 45.5 Å². The zero-order valence-electron chi connectivity index (χ0n) is 12.1. The van der Waals surface area contributed by atoms with Crippen LogP contribution in [-0.4, -0.2) is 26.8 Å². The average molecular weight is 350 g/mol. The molecule has 0 radical (unpaired) electrons. The third-order valence-electron chi connectivity index (χ3n) is 3.36. The highest BCUT2D eigenvalue weighted by molar-refractivity contribution is 7.16. The number of nitrogens with zero attached hydrogens (tertiary/aromatic N) is 2. The maximum atomic E-state index is 12.5. The number of fused-ring (bicyclic) bond motifs is 1. The third-order valence-corrected chi connectivity index (χ3v) is 4.60. The molecule has 118 valence electrons. The Bertz CT molecular complexity index is 827. The monoisotopic (exact) mass is 349 g/mol. The van der Waals surface area contributed by atoms with E-state index < -0.39 is 0 Å². The summed E-state index contributed by atoms with van der Waals surface area (Å²) < 4.78 is 0. The van der Waals surface area contributed by atoms with E-state index in [0.717, 1.165) is 11.3 Å². The average Bonchev–Trinajstić information content (AvgIpc) is 2.90. The number of pyridine rings is 1. The molecule has 0 bridgehead atoms. The summed E-state index contributed by atoms with van der Waals surface area (Å²) in [7, 11) is 0. The van der Waals surface area contributed by atoms with Crippen LogP contribution in [0.3, 0.4) is 0 Å². The van der Waals surface area contributed by atoms with Crippen molar-refractivity contribution in [3.8, 4) is 0 Å². The molecule has 0 aromatic carbocycles. The SMILES string of the molecule is CC(=O)Nc1nc2c(s1)C(O)=C(C(=O)c1ccc(Cl)nc1)CC2. The second kappa shape index (κ2) is 6.10. The van der Waals surface area contributed by atoms with Gasteiger partial charge in [-0.05, 0) is 25.0 Å². The van der Waals surface area contributed by atoms with Crippen molar-refractivity contribution in [1.29, 1.82) is 0 Å². The molecule has 1 aliphatic rings. The van der Waals surface area contributed by atoms with E-state index in [1.54, 1.807) is 6.07 Å². The lowest BCUT2D eigenvalue weighted by Crippen LogP contribution is -2.12. The molecule has 2 heterocycles. The van der Waals surface area contributed by atoms with Crippen LogP contribution in [0.15, 0.2) is 23.9 Å². The number of anilines is 1. The van der Waals surface area contributed by atoms with E-state index in [2.05, 4.69) is 15.3 Å². The number of allylic oxidation sites excluding steroid dienone is 1.